The molecule has 3 nitrogen and oxygen atoms in total. The van der Waals surface area contributed by atoms with Gasteiger partial charge in [0.1, 0.15) is 0 Å². The minimum atomic E-state index is -0.836. The number of halogens is 1. The van der Waals surface area contributed by atoms with Crippen LogP contribution in [0.4, 0.5) is 5.69 Å². The van der Waals surface area contributed by atoms with E-state index in [1.807, 2.05) is 19.0 Å². The first-order chi connectivity index (χ1) is 6.50. The van der Waals surface area contributed by atoms with E-state index < -0.39 is 5.97 Å². The average molecular weight is 214 g/mol. The first-order valence-corrected chi connectivity index (χ1v) is 4.56. The fourth-order valence-corrected chi connectivity index (χ4v) is 1.47. The van der Waals surface area contributed by atoms with Crippen molar-refractivity contribution in [2.45, 2.75) is 6.42 Å². The highest BCUT2D eigenvalue weighted by atomic mass is 35.5. The van der Waals surface area contributed by atoms with Crippen LogP contribution >= 0.6 is 11.6 Å². The number of carboxylic acids is 1. The molecule has 1 rings (SSSR count). The van der Waals surface area contributed by atoms with Gasteiger partial charge in [0.15, 0.2) is 0 Å². The second-order valence-electron chi connectivity index (χ2n) is 3.25. The lowest BCUT2D eigenvalue weighted by Gasteiger charge is -2.15. The summed E-state index contributed by atoms with van der Waals surface area (Å²) >= 11 is 5.94. The third-order valence-electron chi connectivity index (χ3n) is 1.85. The summed E-state index contributed by atoms with van der Waals surface area (Å²) in [6.07, 6.45) is 0.0258. The van der Waals surface area contributed by atoms with Crippen LogP contribution in [0.1, 0.15) is 5.56 Å². The van der Waals surface area contributed by atoms with Gasteiger partial charge >= 0.3 is 5.97 Å². The second-order valence-corrected chi connectivity index (χ2v) is 3.66. The summed E-state index contributed by atoms with van der Waals surface area (Å²) in [5, 5.41) is 9.25. The van der Waals surface area contributed by atoms with Crippen LogP contribution in [0.5, 0.6) is 0 Å². The van der Waals surface area contributed by atoms with Crippen molar-refractivity contribution >= 4 is 23.3 Å². The van der Waals surface area contributed by atoms with Crippen molar-refractivity contribution < 1.29 is 9.90 Å². The van der Waals surface area contributed by atoms with Crippen LogP contribution in [-0.4, -0.2) is 25.2 Å². The normalized spacial score (nSPS) is 9.93. The molecule has 0 aliphatic rings. The molecule has 0 aromatic heterocycles. The zero-order valence-corrected chi connectivity index (χ0v) is 8.88. The van der Waals surface area contributed by atoms with Gasteiger partial charge in [-0.1, -0.05) is 17.7 Å². The van der Waals surface area contributed by atoms with E-state index in [2.05, 4.69) is 0 Å². The molecule has 1 N–H and O–H groups in total. The quantitative estimate of drug-likeness (QED) is 0.836. The molecular formula is C10H12ClNO2. The fraction of sp³-hybridized carbons (Fsp3) is 0.300. The molecular weight excluding hydrogens is 202 g/mol. The Bertz CT molecular complexity index is 350. The molecule has 0 aliphatic heterocycles. The number of rotatable bonds is 3. The Morgan fingerprint density at radius 1 is 1.50 bits per heavy atom. The first kappa shape index (κ1) is 10.9. The minimum absolute atomic E-state index is 0.0258. The summed E-state index contributed by atoms with van der Waals surface area (Å²) in [6, 6.07) is 5.23. The van der Waals surface area contributed by atoms with E-state index in [9.17, 15) is 4.79 Å². The number of hydrogen-bond acceptors (Lipinski definition) is 2. The summed E-state index contributed by atoms with van der Waals surface area (Å²) in [6.45, 7) is 0. The fourth-order valence-electron chi connectivity index (χ4n) is 1.19. The average Bonchev–Trinajstić information content (AvgIpc) is 2.07. The molecule has 0 heterocycles. The maximum absolute atomic E-state index is 10.5. The van der Waals surface area contributed by atoms with E-state index in [0.29, 0.717) is 5.02 Å². The van der Waals surface area contributed by atoms with E-state index >= 15 is 0 Å². The maximum atomic E-state index is 10.5. The van der Waals surface area contributed by atoms with Gasteiger partial charge in [0.2, 0.25) is 0 Å². The summed E-state index contributed by atoms with van der Waals surface area (Å²) in [7, 11) is 3.73. The van der Waals surface area contributed by atoms with E-state index in [-0.39, 0.29) is 6.42 Å². The molecule has 76 valence electrons. The van der Waals surface area contributed by atoms with Gasteiger partial charge in [0, 0.05) is 14.1 Å². The number of hydrogen-bond donors (Lipinski definition) is 1. The lowest BCUT2D eigenvalue weighted by molar-refractivity contribution is -0.136. The van der Waals surface area contributed by atoms with E-state index in [1.165, 1.54) is 0 Å². The highest BCUT2D eigenvalue weighted by molar-refractivity contribution is 6.33. The van der Waals surface area contributed by atoms with Gasteiger partial charge in [-0.2, -0.15) is 0 Å². The van der Waals surface area contributed by atoms with Gasteiger partial charge < -0.3 is 10.0 Å². The Hall–Kier alpha value is -1.22. The Labute approximate surface area is 87.9 Å². The van der Waals surface area contributed by atoms with Crippen molar-refractivity contribution in [3.05, 3.63) is 28.8 Å². The Morgan fingerprint density at radius 2 is 2.14 bits per heavy atom. The topological polar surface area (TPSA) is 40.5 Å². The second kappa shape index (κ2) is 4.33. The Balaban J connectivity index is 3.00. The molecule has 0 atom stereocenters. The Morgan fingerprint density at radius 3 is 2.64 bits per heavy atom. The van der Waals surface area contributed by atoms with Crippen molar-refractivity contribution in [3.8, 4) is 0 Å². The maximum Gasteiger partial charge on any atom is 0.307 e. The number of nitrogens with zero attached hydrogens (tertiary/aromatic N) is 1. The van der Waals surface area contributed by atoms with Gasteiger partial charge in [-0.05, 0) is 17.7 Å². The molecule has 0 amide bonds. The number of aliphatic carboxylic acids is 1. The van der Waals surface area contributed by atoms with Gasteiger partial charge in [-0.15, -0.1) is 0 Å². The largest absolute Gasteiger partial charge is 0.481 e. The van der Waals surface area contributed by atoms with Crippen LogP contribution in [0.2, 0.25) is 5.02 Å². The summed E-state index contributed by atoms with van der Waals surface area (Å²) in [5.74, 6) is -0.836. The molecule has 14 heavy (non-hydrogen) atoms. The minimum Gasteiger partial charge on any atom is -0.481 e. The monoisotopic (exact) mass is 213 g/mol. The molecule has 4 heteroatoms. The van der Waals surface area contributed by atoms with Gasteiger partial charge in [-0.3, -0.25) is 4.79 Å². The van der Waals surface area contributed by atoms with Crippen molar-refractivity contribution in [2.75, 3.05) is 19.0 Å². The number of benzene rings is 1. The molecule has 0 radical (unpaired) electrons. The highest BCUT2D eigenvalue weighted by Gasteiger charge is 2.06. The smallest absolute Gasteiger partial charge is 0.307 e. The van der Waals surface area contributed by atoms with Gasteiger partial charge in [-0.25, -0.2) is 0 Å². The Kier molecular flexibility index (Phi) is 3.36. The van der Waals surface area contributed by atoms with Crippen molar-refractivity contribution in [3.63, 3.8) is 0 Å². The molecule has 0 spiro atoms. The number of anilines is 1. The zero-order valence-electron chi connectivity index (χ0n) is 8.12. The molecule has 0 saturated carbocycles. The summed E-state index contributed by atoms with van der Waals surface area (Å²) in [5.41, 5.74) is 1.59. The predicted octanol–water partition coefficient (Wildman–Crippen LogP) is 2.03. The van der Waals surface area contributed by atoms with Crippen molar-refractivity contribution in [1.29, 1.82) is 0 Å². The molecule has 0 aliphatic carbocycles. The summed E-state index contributed by atoms with van der Waals surface area (Å²) in [4.78, 5) is 12.3. The van der Waals surface area contributed by atoms with Crippen LogP contribution in [-0.2, 0) is 11.2 Å². The van der Waals surface area contributed by atoms with Crippen LogP contribution in [0.3, 0.4) is 0 Å². The van der Waals surface area contributed by atoms with Crippen LogP contribution in [0.15, 0.2) is 18.2 Å². The molecule has 1 aromatic carbocycles. The first-order valence-electron chi connectivity index (χ1n) is 4.18. The van der Waals surface area contributed by atoms with Gasteiger partial charge in [0.05, 0.1) is 17.1 Å². The van der Waals surface area contributed by atoms with Crippen LogP contribution in [0.25, 0.3) is 0 Å². The lowest BCUT2D eigenvalue weighted by atomic mass is 10.1. The lowest BCUT2D eigenvalue weighted by Crippen LogP contribution is -2.10. The number of carboxylic acid groups (broad SMARTS) is 1. The number of carbonyl (C=O) groups is 1. The molecule has 0 saturated heterocycles. The van der Waals surface area contributed by atoms with Crippen molar-refractivity contribution in [1.82, 2.24) is 0 Å². The predicted molar refractivity (Wildman–Crippen MR) is 57.1 cm³/mol. The van der Waals surface area contributed by atoms with Crippen molar-refractivity contribution in [2.24, 2.45) is 0 Å². The third kappa shape index (κ3) is 2.64. The molecule has 0 unspecified atom stereocenters. The van der Waals surface area contributed by atoms with Crippen LogP contribution in [0, 0.1) is 0 Å². The molecule has 0 bridgehead atoms. The summed E-state index contributed by atoms with van der Waals surface area (Å²) < 4.78 is 0. The van der Waals surface area contributed by atoms with E-state index in [1.54, 1.807) is 18.2 Å². The third-order valence-corrected chi connectivity index (χ3v) is 2.17. The molecule has 1 aromatic rings. The standard InChI is InChI=1S/C10H12ClNO2/c1-12(2)9-5-7(6-10(13)14)3-4-8(9)11/h3-5H,6H2,1-2H3,(H,13,14). The zero-order chi connectivity index (χ0) is 10.7. The highest BCUT2D eigenvalue weighted by Crippen LogP contribution is 2.25. The van der Waals surface area contributed by atoms with Gasteiger partial charge in [0.25, 0.3) is 0 Å². The van der Waals surface area contributed by atoms with E-state index in [4.69, 9.17) is 16.7 Å². The van der Waals surface area contributed by atoms with Crippen LogP contribution < -0.4 is 4.90 Å². The molecule has 0 fully saturated rings. The SMILES string of the molecule is CN(C)c1cc(CC(=O)O)ccc1Cl. The van der Waals surface area contributed by atoms with E-state index in [0.717, 1.165) is 11.3 Å².